The molecule has 4 heteroatoms. The van der Waals surface area contributed by atoms with E-state index in [-0.39, 0.29) is 0 Å². The number of hydrogen-bond acceptors (Lipinski definition) is 3. The molecule has 0 saturated heterocycles. The van der Waals surface area contributed by atoms with Gasteiger partial charge in [0.15, 0.2) is 11.5 Å². The van der Waals surface area contributed by atoms with Crippen molar-refractivity contribution >= 4 is 29.1 Å². The Morgan fingerprint density at radius 3 is 1.50 bits per heavy atom. The van der Waals surface area contributed by atoms with Gasteiger partial charge < -0.3 is 14.2 Å². The minimum Gasteiger partial charge on any atom is -0.493 e. The largest absolute Gasteiger partial charge is 0.493 e. The van der Waals surface area contributed by atoms with Crippen molar-refractivity contribution in [3.63, 3.8) is 0 Å². The van der Waals surface area contributed by atoms with Crippen LogP contribution in [0.5, 0.6) is 17.2 Å². The van der Waals surface area contributed by atoms with E-state index in [1.165, 1.54) is 10.6 Å². The molecule has 4 aromatic rings. The van der Waals surface area contributed by atoms with Crippen LogP contribution in [-0.2, 0) is 0 Å². The van der Waals surface area contributed by atoms with E-state index in [0.29, 0.717) is 17.2 Å². The van der Waals surface area contributed by atoms with Crippen LogP contribution in [0.2, 0.25) is 0 Å². The van der Waals surface area contributed by atoms with Crippen molar-refractivity contribution in [3.8, 4) is 28.4 Å². The maximum Gasteiger partial charge on any atom is 0.203 e. The first-order chi connectivity index (χ1) is 15.6. The van der Waals surface area contributed by atoms with E-state index in [4.69, 9.17) is 20.5 Å². The zero-order chi connectivity index (χ0) is 22.6. The van der Waals surface area contributed by atoms with Crippen molar-refractivity contribution in [2.45, 2.75) is 0 Å². The minimum absolute atomic E-state index is 0.574. The van der Waals surface area contributed by atoms with E-state index < -0.39 is 6.89 Å². The molecule has 0 N–H and O–H groups in total. The minimum atomic E-state index is -2.31. The van der Waals surface area contributed by atoms with Crippen LogP contribution in [0.3, 0.4) is 0 Å². The predicted octanol–water partition coefficient (Wildman–Crippen LogP) is 5.11. The lowest BCUT2D eigenvalue weighted by molar-refractivity contribution is 0.325. The molecule has 0 fully saturated rings. The second-order valence-electron chi connectivity index (χ2n) is 7.39. The molecule has 0 radical (unpaired) electrons. The van der Waals surface area contributed by atoms with E-state index in [0.717, 1.165) is 16.4 Å². The van der Waals surface area contributed by atoms with E-state index in [2.05, 4.69) is 66.7 Å². The molecule has 32 heavy (non-hydrogen) atoms. The maximum absolute atomic E-state index is 5.96. The van der Waals surface area contributed by atoms with Gasteiger partial charge in [-0.1, -0.05) is 97.3 Å². The Bertz CT molecular complexity index is 1190. The predicted molar refractivity (Wildman–Crippen MR) is 137 cm³/mol. The van der Waals surface area contributed by atoms with Gasteiger partial charge in [-0.3, -0.25) is 0 Å². The molecular weight excluding hydrogens is 415 g/mol. The molecule has 0 spiro atoms. The summed E-state index contributed by atoms with van der Waals surface area (Å²) in [5.74, 6) is 1.84. The van der Waals surface area contributed by atoms with Crippen molar-refractivity contribution in [3.05, 3.63) is 97.1 Å². The lowest BCUT2D eigenvalue weighted by atomic mass is 10.0. The van der Waals surface area contributed by atoms with Crippen LogP contribution in [-0.4, -0.2) is 27.6 Å². The van der Waals surface area contributed by atoms with Crippen LogP contribution in [0.4, 0.5) is 0 Å². The first-order valence-corrected chi connectivity index (χ1v) is 12.4. The molecule has 0 amide bonds. The summed E-state index contributed by atoms with van der Waals surface area (Å²) in [4.78, 5) is 0. The summed E-state index contributed by atoms with van der Waals surface area (Å²) in [6.45, 7) is -2.31. The third-order valence-corrected chi connectivity index (χ3v) is 9.21. The Hall–Kier alpha value is -3.42. The normalized spacial score (nSPS) is 11.1. The Balaban J connectivity index is 2.18. The molecule has 0 aliphatic rings. The van der Waals surface area contributed by atoms with Crippen LogP contribution in [0.15, 0.2) is 97.1 Å². The summed E-state index contributed by atoms with van der Waals surface area (Å²) in [6.07, 6.45) is 4.93. The lowest BCUT2D eigenvalue weighted by Crippen LogP contribution is -2.27. The zero-order valence-electron chi connectivity index (χ0n) is 18.6. The van der Waals surface area contributed by atoms with E-state index in [1.807, 2.05) is 30.3 Å². The molecule has 4 rings (SSSR count). The molecule has 0 saturated carbocycles. The van der Waals surface area contributed by atoms with Gasteiger partial charge in [-0.2, -0.15) is 0 Å². The second kappa shape index (κ2) is 9.38. The lowest BCUT2D eigenvalue weighted by Gasteiger charge is -2.31. The number of rotatable bonds is 7. The average Bonchev–Trinajstić information content (AvgIpc) is 2.88. The third-order valence-electron chi connectivity index (χ3n) is 5.68. The van der Waals surface area contributed by atoms with Gasteiger partial charge in [0, 0.05) is 5.56 Å². The van der Waals surface area contributed by atoms with Crippen molar-refractivity contribution in [2.24, 2.45) is 0 Å². The van der Waals surface area contributed by atoms with Crippen LogP contribution >= 0.6 is 6.89 Å². The molecule has 4 aromatic carbocycles. The fourth-order valence-corrected chi connectivity index (χ4v) is 7.29. The Morgan fingerprint density at radius 1 is 0.594 bits per heavy atom. The first kappa shape index (κ1) is 21.8. The van der Waals surface area contributed by atoms with Crippen LogP contribution in [0.25, 0.3) is 11.1 Å². The van der Waals surface area contributed by atoms with E-state index in [1.54, 1.807) is 21.3 Å². The maximum atomic E-state index is 5.96. The van der Waals surface area contributed by atoms with Crippen molar-refractivity contribution < 1.29 is 14.2 Å². The highest BCUT2D eigenvalue weighted by Gasteiger charge is 2.31. The summed E-state index contributed by atoms with van der Waals surface area (Å²) in [6, 6.07) is 33.3. The van der Waals surface area contributed by atoms with Gasteiger partial charge in [0.05, 0.1) is 21.3 Å². The summed E-state index contributed by atoms with van der Waals surface area (Å²) in [5, 5.41) is 3.44. The van der Waals surface area contributed by atoms with Crippen LogP contribution < -0.4 is 30.1 Å². The van der Waals surface area contributed by atoms with Gasteiger partial charge in [-0.05, 0) is 34.4 Å². The standard InChI is InChI=1S/C28H27O3P/c1-29-24-20-25(26(21-14-8-5-9-15-21)28(31-3)27(24)30-2)32(4,22-16-10-6-11-17-22)23-18-12-7-13-19-23/h5-20H,4H2,1-3H3. The molecule has 0 aliphatic heterocycles. The van der Waals surface area contributed by atoms with Crippen LogP contribution in [0, 0.1) is 0 Å². The molecule has 0 unspecified atom stereocenters. The summed E-state index contributed by atoms with van der Waals surface area (Å²) < 4.78 is 17.5. The summed E-state index contributed by atoms with van der Waals surface area (Å²) in [7, 11) is 4.95. The van der Waals surface area contributed by atoms with Crippen LogP contribution in [0.1, 0.15) is 0 Å². The van der Waals surface area contributed by atoms with Gasteiger partial charge in [-0.15, -0.1) is 0 Å². The third kappa shape index (κ3) is 3.70. The van der Waals surface area contributed by atoms with Gasteiger partial charge in [0.2, 0.25) is 5.75 Å². The molecule has 0 bridgehead atoms. The first-order valence-electron chi connectivity index (χ1n) is 10.4. The molecule has 0 atom stereocenters. The van der Waals surface area contributed by atoms with Crippen molar-refractivity contribution in [1.82, 2.24) is 0 Å². The molecule has 0 heterocycles. The number of benzene rings is 4. The molecular formula is C28H27O3P. The second-order valence-corrected chi connectivity index (χ2v) is 10.5. The van der Waals surface area contributed by atoms with Gasteiger partial charge >= 0.3 is 0 Å². The van der Waals surface area contributed by atoms with E-state index >= 15 is 0 Å². The van der Waals surface area contributed by atoms with E-state index in [9.17, 15) is 0 Å². The van der Waals surface area contributed by atoms with Crippen molar-refractivity contribution in [1.29, 1.82) is 0 Å². The Morgan fingerprint density at radius 2 is 1.06 bits per heavy atom. The molecule has 0 aromatic heterocycles. The van der Waals surface area contributed by atoms with Gasteiger partial charge in [0.1, 0.15) is 0 Å². The fraction of sp³-hybridized carbons (Fsp3) is 0.107. The monoisotopic (exact) mass is 442 g/mol. The van der Waals surface area contributed by atoms with Gasteiger partial charge in [-0.25, -0.2) is 0 Å². The number of ether oxygens (including phenoxy) is 3. The molecule has 162 valence electrons. The average molecular weight is 442 g/mol. The van der Waals surface area contributed by atoms with Crippen molar-refractivity contribution in [2.75, 3.05) is 21.3 Å². The topological polar surface area (TPSA) is 27.7 Å². The highest BCUT2D eigenvalue weighted by atomic mass is 31.2. The molecule has 3 nitrogen and oxygen atoms in total. The molecule has 0 aliphatic carbocycles. The fourth-order valence-electron chi connectivity index (χ4n) is 4.12. The van der Waals surface area contributed by atoms with Gasteiger partial charge in [0.25, 0.3) is 0 Å². The quantitative estimate of drug-likeness (QED) is 0.373. The number of hydrogen-bond donors (Lipinski definition) is 0. The highest BCUT2D eigenvalue weighted by molar-refractivity contribution is 7.93. The number of methoxy groups -OCH3 is 3. The Labute approximate surface area is 190 Å². The highest BCUT2D eigenvalue weighted by Crippen LogP contribution is 2.52. The Kier molecular flexibility index (Phi) is 6.39. The zero-order valence-corrected chi connectivity index (χ0v) is 19.5. The summed E-state index contributed by atoms with van der Waals surface area (Å²) >= 11 is 0. The SMILES string of the molecule is C=P(c1ccccc1)(c1ccccc1)c1cc(OC)c(OC)c(OC)c1-c1ccccc1. The summed E-state index contributed by atoms with van der Waals surface area (Å²) in [5.41, 5.74) is 2.02. The smallest absolute Gasteiger partial charge is 0.203 e.